The minimum atomic E-state index is -1.23. The fraction of sp³-hybridized carbons (Fsp3) is 0.524. The molecule has 12 heteroatoms. The molecule has 0 aromatic heterocycles. The summed E-state index contributed by atoms with van der Waals surface area (Å²) in [6.45, 7) is 4.18. The summed E-state index contributed by atoms with van der Waals surface area (Å²) in [6.07, 6.45) is -0.731. The van der Waals surface area contributed by atoms with E-state index >= 15 is 0 Å². The van der Waals surface area contributed by atoms with E-state index in [0.717, 1.165) is 5.69 Å². The number of carbonyl (C=O) groups is 4. The summed E-state index contributed by atoms with van der Waals surface area (Å²) in [7, 11) is -1.11. The first-order valence-corrected chi connectivity index (χ1v) is 10.8. The van der Waals surface area contributed by atoms with Crippen molar-refractivity contribution in [2.75, 3.05) is 18.0 Å². The summed E-state index contributed by atoms with van der Waals surface area (Å²) in [4.78, 5) is 49.6. The highest BCUT2D eigenvalue weighted by Gasteiger charge is 2.46. The molecule has 2 aliphatic rings. The lowest BCUT2D eigenvalue weighted by Crippen LogP contribution is -2.58. The number of carboxylic acid groups (broad SMARTS) is 1. The molecule has 0 saturated carbocycles. The van der Waals surface area contributed by atoms with Crippen molar-refractivity contribution in [3.05, 3.63) is 30.1 Å². The lowest BCUT2D eigenvalue weighted by molar-refractivity contribution is -0.145. The standard InChI is InChI=1S/C21H27BFN3O7/c1-12(2)9-17(22-32-16(10-19(28)29)21(31)33-22)25-18(27)11-24-20(30)15-7-8-26(15)14-5-3-13(23)4-6-14/h3-6,12,15-17H,7-11H2,1-2H3,(H,24,30)(H,25,27)(H,28,29)/t15-,16-,17-/m0/s1. The molecule has 0 radical (unpaired) electrons. The van der Waals surface area contributed by atoms with Crippen molar-refractivity contribution in [3.8, 4) is 0 Å². The largest absolute Gasteiger partial charge is 0.552 e. The van der Waals surface area contributed by atoms with Crippen molar-refractivity contribution in [1.82, 2.24) is 10.6 Å². The highest BCUT2D eigenvalue weighted by atomic mass is 19.1. The number of amides is 2. The number of anilines is 1. The van der Waals surface area contributed by atoms with Gasteiger partial charge in [0.05, 0.1) is 18.9 Å². The molecule has 0 unspecified atom stereocenters. The number of hydrogen-bond donors (Lipinski definition) is 3. The Kier molecular flexibility index (Phi) is 7.90. The first kappa shape index (κ1) is 24.5. The van der Waals surface area contributed by atoms with Gasteiger partial charge in [-0.3, -0.25) is 19.2 Å². The van der Waals surface area contributed by atoms with Crippen LogP contribution in [-0.2, 0) is 28.5 Å². The zero-order valence-corrected chi connectivity index (χ0v) is 18.5. The van der Waals surface area contributed by atoms with Crippen LogP contribution in [0.25, 0.3) is 0 Å². The Morgan fingerprint density at radius 2 is 1.97 bits per heavy atom. The van der Waals surface area contributed by atoms with E-state index in [2.05, 4.69) is 10.6 Å². The highest BCUT2D eigenvalue weighted by molar-refractivity contribution is 6.51. The molecule has 3 atom stereocenters. The number of nitrogens with one attached hydrogen (secondary N) is 2. The Morgan fingerprint density at radius 3 is 2.55 bits per heavy atom. The van der Waals surface area contributed by atoms with E-state index in [1.807, 2.05) is 18.7 Å². The van der Waals surface area contributed by atoms with Crippen LogP contribution in [0.4, 0.5) is 10.1 Å². The normalized spacial score (nSPS) is 20.8. The second kappa shape index (κ2) is 10.6. The quantitative estimate of drug-likeness (QED) is 0.427. The van der Waals surface area contributed by atoms with Crippen LogP contribution in [0.3, 0.4) is 0 Å². The number of carboxylic acids is 1. The molecule has 2 amide bonds. The summed E-state index contributed by atoms with van der Waals surface area (Å²) >= 11 is 0. The molecule has 2 heterocycles. The summed E-state index contributed by atoms with van der Waals surface area (Å²) in [6, 6.07) is 5.38. The van der Waals surface area contributed by atoms with Crippen molar-refractivity contribution >= 4 is 36.6 Å². The lowest BCUT2D eigenvalue weighted by atomic mass is 9.74. The molecule has 10 nitrogen and oxygen atoms in total. The van der Waals surface area contributed by atoms with Gasteiger partial charge < -0.3 is 29.9 Å². The van der Waals surface area contributed by atoms with Crippen LogP contribution in [0.5, 0.6) is 0 Å². The Morgan fingerprint density at radius 1 is 1.27 bits per heavy atom. The molecule has 3 N–H and O–H groups in total. The van der Waals surface area contributed by atoms with Gasteiger partial charge in [0.25, 0.3) is 0 Å². The number of nitrogens with zero attached hydrogens (tertiary/aromatic N) is 1. The van der Waals surface area contributed by atoms with Gasteiger partial charge >= 0.3 is 19.1 Å². The van der Waals surface area contributed by atoms with E-state index in [1.54, 1.807) is 12.1 Å². The molecule has 1 aromatic carbocycles. The van der Waals surface area contributed by atoms with Gasteiger partial charge in [-0.25, -0.2) is 4.39 Å². The van der Waals surface area contributed by atoms with E-state index < -0.39 is 49.5 Å². The summed E-state index contributed by atoms with van der Waals surface area (Å²) in [5.74, 6) is -3.75. The third-order valence-corrected chi connectivity index (χ3v) is 5.46. The van der Waals surface area contributed by atoms with Crippen LogP contribution < -0.4 is 15.5 Å². The van der Waals surface area contributed by atoms with Crippen molar-refractivity contribution in [3.63, 3.8) is 0 Å². The van der Waals surface area contributed by atoms with E-state index in [-0.39, 0.29) is 24.2 Å². The maximum atomic E-state index is 13.1. The molecule has 33 heavy (non-hydrogen) atoms. The Labute approximate surface area is 190 Å². The summed E-state index contributed by atoms with van der Waals surface area (Å²) in [5, 5.41) is 14.2. The smallest absolute Gasteiger partial charge is 0.506 e. The average Bonchev–Trinajstić information content (AvgIpc) is 3.06. The first-order valence-electron chi connectivity index (χ1n) is 10.8. The van der Waals surface area contributed by atoms with Crippen LogP contribution in [0, 0.1) is 11.7 Å². The molecule has 0 spiro atoms. The van der Waals surface area contributed by atoms with Gasteiger partial charge in [-0.05, 0) is 43.0 Å². The zero-order valence-electron chi connectivity index (χ0n) is 18.5. The van der Waals surface area contributed by atoms with Crippen LogP contribution in [-0.4, -0.2) is 67.2 Å². The number of benzene rings is 1. The maximum absolute atomic E-state index is 13.1. The van der Waals surface area contributed by atoms with Gasteiger partial charge in [0, 0.05) is 12.2 Å². The minimum Gasteiger partial charge on any atom is -0.506 e. The molecule has 2 aliphatic heterocycles. The molecular weight excluding hydrogens is 436 g/mol. The molecule has 1 aromatic rings. The monoisotopic (exact) mass is 463 g/mol. The summed E-state index contributed by atoms with van der Waals surface area (Å²) in [5.41, 5.74) is 0.723. The van der Waals surface area contributed by atoms with Crippen molar-refractivity contribution in [2.45, 2.75) is 51.2 Å². The van der Waals surface area contributed by atoms with E-state index in [9.17, 15) is 23.6 Å². The number of aliphatic carboxylic acids is 1. The van der Waals surface area contributed by atoms with Crippen molar-refractivity contribution < 1.29 is 38.0 Å². The fourth-order valence-corrected chi connectivity index (χ4v) is 3.79. The summed E-state index contributed by atoms with van der Waals surface area (Å²) < 4.78 is 23.7. The Bertz CT molecular complexity index is 898. The minimum absolute atomic E-state index is 0.116. The average molecular weight is 463 g/mol. The highest BCUT2D eigenvalue weighted by Crippen LogP contribution is 2.26. The Hall–Kier alpha value is -3.15. The van der Waals surface area contributed by atoms with Gasteiger partial charge in [0.1, 0.15) is 11.9 Å². The number of rotatable bonds is 10. The van der Waals surface area contributed by atoms with Crippen LogP contribution in [0.15, 0.2) is 24.3 Å². The SMILES string of the molecule is CC(C)C[C@H](NC(=O)CNC(=O)[C@@H]1CCN1c1ccc(F)cc1)B1OC(=O)[C@H](CC(=O)O)O1. The van der Waals surface area contributed by atoms with Gasteiger partial charge in [-0.1, -0.05) is 13.8 Å². The first-order chi connectivity index (χ1) is 15.6. The maximum Gasteiger partial charge on any atom is 0.552 e. The number of hydrogen-bond acceptors (Lipinski definition) is 7. The molecule has 2 saturated heterocycles. The second-order valence-corrected chi connectivity index (χ2v) is 8.52. The van der Waals surface area contributed by atoms with Gasteiger partial charge in [-0.2, -0.15) is 0 Å². The molecular formula is C21H27BFN3O7. The number of carbonyl (C=O) groups excluding carboxylic acids is 3. The third kappa shape index (κ3) is 6.44. The third-order valence-electron chi connectivity index (χ3n) is 5.46. The van der Waals surface area contributed by atoms with Crippen molar-refractivity contribution in [2.24, 2.45) is 5.92 Å². The van der Waals surface area contributed by atoms with E-state index in [4.69, 9.17) is 14.4 Å². The lowest BCUT2D eigenvalue weighted by Gasteiger charge is -2.41. The van der Waals surface area contributed by atoms with E-state index in [1.165, 1.54) is 12.1 Å². The topological polar surface area (TPSA) is 134 Å². The molecule has 0 bridgehead atoms. The predicted molar refractivity (Wildman–Crippen MR) is 116 cm³/mol. The molecule has 3 rings (SSSR count). The molecule has 178 valence electrons. The van der Waals surface area contributed by atoms with E-state index in [0.29, 0.717) is 19.4 Å². The van der Waals surface area contributed by atoms with Gasteiger partial charge in [0.2, 0.25) is 11.8 Å². The van der Waals surface area contributed by atoms with Crippen molar-refractivity contribution in [1.29, 1.82) is 0 Å². The van der Waals surface area contributed by atoms with Crippen LogP contribution in [0.2, 0.25) is 0 Å². The number of halogens is 1. The second-order valence-electron chi connectivity index (χ2n) is 8.52. The fourth-order valence-electron chi connectivity index (χ4n) is 3.79. The Balaban J connectivity index is 1.52. The van der Waals surface area contributed by atoms with Gasteiger partial charge in [0.15, 0.2) is 6.10 Å². The molecule has 2 fully saturated rings. The van der Waals surface area contributed by atoms with Gasteiger partial charge in [-0.15, -0.1) is 0 Å². The van der Waals surface area contributed by atoms with Crippen LogP contribution >= 0.6 is 0 Å². The predicted octanol–water partition coefficient (Wildman–Crippen LogP) is 0.496. The van der Waals surface area contributed by atoms with Crippen LogP contribution in [0.1, 0.15) is 33.1 Å². The zero-order chi connectivity index (χ0) is 24.1. The molecule has 0 aliphatic carbocycles.